The molecule has 0 radical (unpaired) electrons. The third-order valence-corrected chi connectivity index (χ3v) is 6.35. The second-order valence-corrected chi connectivity index (χ2v) is 9.09. The van der Waals surface area contributed by atoms with Gasteiger partial charge in [0.1, 0.15) is 22.9 Å². The van der Waals surface area contributed by atoms with E-state index in [9.17, 15) is 14.4 Å². The second kappa shape index (κ2) is 9.98. The summed E-state index contributed by atoms with van der Waals surface area (Å²) in [6.07, 6.45) is 4.49. The average molecular weight is 518 g/mol. The van der Waals surface area contributed by atoms with Gasteiger partial charge in [0.2, 0.25) is 5.43 Å². The third-order valence-electron chi connectivity index (χ3n) is 6.12. The molecule has 11 heteroatoms. The minimum absolute atomic E-state index is 0.0485. The maximum absolute atomic E-state index is 12.9. The number of halogens is 1. The van der Waals surface area contributed by atoms with Crippen molar-refractivity contribution < 1.29 is 4.79 Å². The SMILES string of the molecule is CCn1cc(C(=O)NCCn2ncc3c(=O)n(Cc4cccc(Cl)c4)cnc32)c(=O)c2ccc(C)nc21. The minimum Gasteiger partial charge on any atom is -0.350 e. The predicted molar refractivity (Wildman–Crippen MR) is 141 cm³/mol. The normalized spacial score (nSPS) is 11.3. The van der Waals surface area contributed by atoms with Crippen molar-refractivity contribution in [2.24, 2.45) is 0 Å². The first-order valence-corrected chi connectivity index (χ1v) is 12.2. The van der Waals surface area contributed by atoms with Crippen molar-refractivity contribution in [2.45, 2.75) is 33.5 Å². The summed E-state index contributed by atoms with van der Waals surface area (Å²) in [6, 6.07) is 10.7. The van der Waals surface area contributed by atoms with Gasteiger partial charge in [0.25, 0.3) is 11.5 Å². The molecule has 5 aromatic rings. The standard InChI is InChI=1S/C26H24ClN7O3/c1-3-32-14-21(22(35)19-8-7-16(2)31-24(19)32)25(36)28-9-10-34-23-20(12-30-34)26(37)33(15-29-23)13-17-5-4-6-18(27)11-17/h4-8,11-12,14-15H,3,9-10,13H2,1-2H3,(H,28,36). The fourth-order valence-electron chi connectivity index (χ4n) is 4.24. The van der Waals surface area contributed by atoms with Crippen LogP contribution in [0, 0.1) is 6.92 Å². The summed E-state index contributed by atoms with van der Waals surface area (Å²) in [5, 5.41) is 8.42. The summed E-state index contributed by atoms with van der Waals surface area (Å²) in [5.41, 5.74) is 2.11. The lowest BCUT2D eigenvalue weighted by Crippen LogP contribution is -2.32. The minimum atomic E-state index is -0.483. The molecule has 37 heavy (non-hydrogen) atoms. The van der Waals surface area contributed by atoms with Crippen LogP contribution in [0.4, 0.5) is 0 Å². The number of nitrogens with one attached hydrogen (secondary N) is 1. The predicted octanol–water partition coefficient (Wildman–Crippen LogP) is 2.76. The van der Waals surface area contributed by atoms with Gasteiger partial charge in [-0.05, 0) is 43.7 Å². The van der Waals surface area contributed by atoms with E-state index in [0.717, 1.165) is 11.3 Å². The van der Waals surface area contributed by atoms with Gasteiger partial charge in [0.05, 0.1) is 24.7 Å². The summed E-state index contributed by atoms with van der Waals surface area (Å²) < 4.78 is 4.84. The molecule has 188 valence electrons. The van der Waals surface area contributed by atoms with E-state index in [2.05, 4.69) is 20.4 Å². The largest absolute Gasteiger partial charge is 0.350 e. The van der Waals surface area contributed by atoms with E-state index >= 15 is 0 Å². The van der Waals surface area contributed by atoms with Crippen LogP contribution in [0.1, 0.15) is 28.5 Å². The van der Waals surface area contributed by atoms with Gasteiger partial charge in [-0.3, -0.25) is 19.0 Å². The van der Waals surface area contributed by atoms with Crippen molar-refractivity contribution in [1.82, 2.24) is 34.2 Å². The highest BCUT2D eigenvalue weighted by atomic mass is 35.5. The Balaban J connectivity index is 1.32. The Morgan fingerprint density at radius 2 is 1.92 bits per heavy atom. The molecule has 0 aliphatic carbocycles. The molecule has 4 aromatic heterocycles. The molecule has 0 aliphatic rings. The fraction of sp³-hybridized carbons (Fsp3) is 0.231. The van der Waals surface area contributed by atoms with E-state index in [1.807, 2.05) is 26.0 Å². The number of hydrogen-bond acceptors (Lipinski definition) is 6. The zero-order valence-electron chi connectivity index (χ0n) is 20.3. The topological polar surface area (TPSA) is 117 Å². The van der Waals surface area contributed by atoms with E-state index in [1.54, 1.807) is 39.7 Å². The number of carbonyl (C=O) groups excluding carboxylic acids is 1. The highest BCUT2D eigenvalue weighted by molar-refractivity contribution is 6.30. The highest BCUT2D eigenvalue weighted by Crippen LogP contribution is 2.13. The van der Waals surface area contributed by atoms with E-state index in [0.29, 0.717) is 40.2 Å². The molecule has 1 N–H and O–H groups in total. The highest BCUT2D eigenvalue weighted by Gasteiger charge is 2.16. The van der Waals surface area contributed by atoms with Crippen LogP contribution in [0.5, 0.6) is 0 Å². The number of aryl methyl sites for hydroxylation is 2. The summed E-state index contributed by atoms with van der Waals surface area (Å²) in [4.78, 5) is 47.6. The number of amides is 1. The van der Waals surface area contributed by atoms with Crippen molar-refractivity contribution in [3.8, 4) is 0 Å². The van der Waals surface area contributed by atoms with Crippen molar-refractivity contribution in [2.75, 3.05) is 6.54 Å². The first-order chi connectivity index (χ1) is 17.9. The first kappa shape index (κ1) is 24.4. The molecule has 1 aromatic carbocycles. The molecule has 0 bridgehead atoms. The Kier molecular flexibility index (Phi) is 6.58. The van der Waals surface area contributed by atoms with Gasteiger partial charge in [0, 0.05) is 30.0 Å². The van der Waals surface area contributed by atoms with E-state index in [-0.39, 0.29) is 29.6 Å². The van der Waals surface area contributed by atoms with Crippen LogP contribution in [0.3, 0.4) is 0 Å². The van der Waals surface area contributed by atoms with Crippen LogP contribution in [0.2, 0.25) is 5.02 Å². The van der Waals surface area contributed by atoms with Crippen LogP contribution in [-0.2, 0) is 19.6 Å². The lowest BCUT2D eigenvalue weighted by molar-refractivity contribution is 0.0950. The van der Waals surface area contributed by atoms with Crippen molar-refractivity contribution in [3.63, 3.8) is 0 Å². The maximum Gasteiger partial charge on any atom is 0.264 e. The Bertz CT molecular complexity index is 1770. The number of carbonyl (C=O) groups is 1. The van der Waals surface area contributed by atoms with Gasteiger partial charge in [-0.2, -0.15) is 5.10 Å². The lowest BCUT2D eigenvalue weighted by Gasteiger charge is -2.12. The van der Waals surface area contributed by atoms with Gasteiger partial charge in [-0.1, -0.05) is 23.7 Å². The zero-order valence-corrected chi connectivity index (χ0v) is 21.1. The van der Waals surface area contributed by atoms with E-state index in [4.69, 9.17) is 11.6 Å². The van der Waals surface area contributed by atoms with Gasteiger partial charge >= 0.3 is 0 Å². The summed E-state index contributed by atoms with van der Waals surface area (Å²) in [6.45, 7) is 5.14. The number of pyridine rings is 2. The smallest absolute Gasteiger partial charge is 0.264 e. The van der Waals surface area contributed by atoms with Crippen molar-refractivity contribution >= 4 is 39.6 Å². The first-order valence-electron chi connectivity index (χ1n) is 11.8. The van der Waals surface area contributed by atoms with Gasteiger partial charge in [-0.15, -0.1) is 0 Å². The van der Waals surface area contributed by atoms with Crippen LogP contribution < -0.4 is 16.3 Å². The molecule has 1 amide bonds. The molecule has 10 nitrogen and oxygen atoms in total. The Hall–Kier alpha value is -4.31. The van der Waals surface area contributed by atoms with Crippen LogP contribution in [0.15, 0.2) is 64.7 Å². The van der Waals surface area contributed by atoms with E-state index < -0.39 is 5.91 Å². The Labute approximate surface area is 216 Å². The number of benzene rings is 1. The molecular weight excluding hydrogens is 494 g/mol. The molecular formula is C26H24ClN7O3. The summed E-state index contributed by atoms with van der Waals surface area (Å²) in [7, 11) is 0. The lowest BCUT2D eigenvalue weighted by atomic mass is 10.1. The molecule has 5 rings (SSSR count). The number of fused-ring (bicyclic) bond motifs is 2. The van der Waals surface area contributed by atoms with Crippen molar-refractivity contribution in [3.05, 3.63) is 97.5 Å². The average Bonchev–Trinajstić information content (AvgIpc) is 3.29. The third kappa shape index (κ3) is 4.75. The zero-order chi connectivity index (χ0) is 26.1. The molecule has 0 spiro atoms. The number of aromatic nitrogens is 6. The van der Waals surface area contributed by atoms with Crippen LogP contribution in [-0.4, -0.2) is 41.3 Å². The van der Waals surface area contributed by atoms with Gasteiger partial charge < -0.3 is 9.88 Å². The molecule has 0 saturated carbocycles. The number of rotatable bonds is 7. The second-order valence-electron chi connectivity index (χ2n) is 8.65. The van der Waals surface area contributed by atoms with Gasteiger partial charge in [0.15, 0.2) is 5.65 Å². The molecule has 0 saturated heterocycles. The quantitative estimate of drug-likeness (QED) is 0.355. The molecule has 0 fully saturated rings. The monoisotopic (exact) mass is 517 g/mol. The molecule has 0 atom stereocenters. The molecule has 0 aliphatic heterocycles. The Morgan fingerprint density at radius 3 is 2.70 bits per heavy atom. The maximum atomic E-state index is 12.9. The molecule has 0 unspecified atom stereocenters. The molecule has 4 heterocycles. The van der Waals surface area contributed by atoms with Crippen LogP contribution in [0.25, 0.3) is 22.1 Å². The van der Waals surface area contributed by atoms with Crippen LogP contribution >= 0.6 is 11.6 Å². The summed E-state index contributed by atoms with van der Waals surface area (Å²) >= 11 is 6.05. The Morgan fingerprint density at radius 1 is 1.08 bits per heavy atom. The summed E-state index contributed by atoms with van der Waals surface area (Å²) in [5.74, 6) is -0.483. The number of hydrogen-bond donors (Lipinski definition) is 1. The number of nitrogens with zero attached hydrogens (tertiary/aromatic N) is 6. The van der Waals surface area contributed by atoms with Crippen molar-refractivity contribution in [1.29, 1.82) is 0 Å². The van der Waals surface area contributed by atoms with E-state index in [1.165, 1.54) is 17.1 Å². The van der Waals surface area contributed by atoms with Gasteiger partial charge in [-0.25, -0.2) is 14.6 Å². The fourth-order valence-corrected chi connectivity index (χ4v) is 4.45.